The van der Waals surface area contributed by atoms with Crippen LogP contribution in [0.5, 0.6) is 0 Å². The highest BCUT2D eigenvalue weighted by Crippen LogP contribution is 2.22. The van der Waals surface area contributed by atoms with Crippen molar-refractivity contribution in [1.29, 1.82) is 0 Å². The fourth-order valence-electron chi connectivity index (χ4n) is 5.47. The highest BCUT2D eigenvalue weighted by atomic mass is 16.7. The summed E-state index contributed by atoms with van der Waals surface area (Å²) in [4.78, 5) is 12.0. The van der Waals surface area contributed by atoms with Gasteiger partial charge in [-0.05, 0) is 12.8 Å². The summed E-state index contributed by atoms with van der Waals surface area (Å²) in [6.07, 6.45) is 20.6. The Morgan fingerprint density at radius 1 is 0.767 bits per heavy atom. The van der Waals surface area contributed by atoms with Crippen LogP contribution in [-0.2, 0) is 14.3 Å². The van der Waals surface area contributed by atoms with Gasteiger partial charge in [0.05, 0.1) is 25.4 Å². The predicted molar refractivity (Wildman–Crippen MR) is 170 cm³/mol. The van der Waals surface area contributed by atoms with Gasteiger partial charge in [0.1, 0.15) is 24.4 Å². The van der Waals surface area contributed by atoms with Crippen LogP contribution in [0, 0.1) is 0 Å². The molecule has 9 heteroatoms. The van der Waals surface area contributed by atoms with Crippen molar-refractivity contribution in [3.8, 4) is 0 Å². The van der Waals surface area contributed by atoms with Gasteiger partial charge >= 0.3 is 0 Å². The second kappa shape index (κ2) is 26.2. The Hall–Kier alpha value is -1.07. The van der Waals surface area contributed by atoms with Gasteiger partial charge in [-0.3, -0.25) is 4.79 Å². The first kappa shape index (κ1) is 40.0. The Morgan fingerprint density at radius 3 is 1.72 bits per heavy atom. The van der Waals surface area contributed by atoms with E-state index in [0.717, 1.165) is 19.3 Å². The Kier molecular flexibility index (Phi) is 24.3. The third-order valence-corrected chi connectivity index (χ3v) is 8.43. The SMILES string of the molecule is CCCCCCCCCCCCCCCCCCCC/C=C/C(O)C(COC1OC(CO)C(O)C(O)C1O)NC(=O)CC. The molecule has 0 aromatic rings. The summed E-state index contributed by atoms with van der Waals surface area (Å²) in [6.45, 7) is 3.21. The van der Waals surface area contributed by atoms with E-state index in [0.29, 0.717) is 0 Å². The summed E-state index contributed by atoms with van der Waals surface area (Å²) >= 11 is 0. The zero-order chi connectivity index (χ0) is 31.7. The third kappa shape index (κ3) is 18.5. The second-order valence-corrected chi connectivity index (χ2v) is 12.3. The number of allylic oxidation sites excluding steroid dienone is 1. The van der Waals surface area contributed by atoms with Crippen LogP contribution in [0.1, 0.15) is 142 Å². The molecule has 0 bridgehead atoms. The minimum absolute atomic E-state index is 0.195. The lowest BCUT2D eigenvalue weighted by molar-refractivity contribution is -0.302. The summed E-state index contributed by atoms with van der Waals surface area (Å²) in [5, 5.41) is 52.8. The van der Waals surface area contributed by atoms with Gasteiger partial charge in [-0.1, -0.05) is 135 Å². The topological polar surface area (TPSA) is 149 Å². The molecule has 1 aliphatic rings. The largest absolute Gasteiger partial charge is 0.394 e. The maximum absolute atomic E-state index is 12.0. The van der Waals surface area contributed by atoms with Gasteiger partial charge in [0.2, 0.25) is 5.91 Å². The molecule has 1 aliphatic heterocycles. The van der Waals surface area contributed by atoms with Crippen LogP contribution in [-0.4, -0.2) is 87.5 Å². The van der Waals surface area contributed by atoms with Crippen LogP contribution in [0.15, 0.2) is 12.2 Å². The standard InChI is InChI=1S/C34H65NO8/c1-3-5-6-7-8-9-10-11-12-13-14-15-16-17-18-19-20-21-22-23-24-28(37)27(35-30(38)4-2)26-42-34-33(41)32(40)31(39)29(25-36)43-34/h23-24,27-29,31-34,36-37,39-41H,3-22,25-26H2,1-2H3,(H,35,38)/b24-23+. The van der Waals surface area contributed by atoms with Crippen molar-refractivity contribution in [3.05, 3.63) is 12.2 Å². The molecule has 9 nitrogen and oxygen atoms in total. The summed E-state index contributed by atoms with van der Waals surface area (Å²) in [6, 6.07) is -0.795. The number of hydrogen-bond donors (Lipinski definition) is 6. The average molecular weight is 616 g/mol. The van der Waals surface area contributed by atoms with Gasteiger partial charge in [-0.2, -0.15) is 0 Å². The van der Waals surface area contributed by atoms with Gasteiger partial charge in [-0.15, -0.1) is 0 Å². The van der Waals surface area contributed by atoms with E-state index >= 15 is 0 Å². The normalized spacial score (nSPS) is 23.9. The lowest BCUT2D eigenvalue weighted by Gasteiger charge is -2.40. The molecule has 0 aromatic heterocycles. The molecule has 1 rings (SSSR count). The van der Waals surface area contributed by atoms with E-state index in [1.807, 2.05) is 6.08 Å². The van der Waals surface area contributed by atoms with E-state index in [2.05, 4.69) is 12.2 Å². The molecule has 0 spiro atoms. The molecular weight excluding hydrogens is 550 g/mol. The Bertz CT molecular complexity index is 691. The number of aliphatic hydroxyl groups excluding tert-OH is 5. The maximum atomic E-state index is 12.0. The monoisotopic (exact) mass is 615 g/mol. The maximum Gasteiger partial charge on any atom is 0.220 e. The zero-order valence-corrected chi connectivity index (χ0v) is 27.2. The van der Waals surface area contributed by atoms with Crippen molar-refractivity contribution < 1.29 is 39.8 Å². The molecule has 0 aromatic carbocycles. The summed E-state index contributed by atoms with van der Waals surface area (Å²) in [5.74, 6) is -0.265. The van der Waals surface area contributed by atoms with E-state index in [4.69, 9.17) is 9.47 Å². The molecule has 0 radical (unpaired) electrons. The van der Waals surface area contributed by atoms with Crippen LogP contribution >= 0.6 is 0 Å². The van der Waals surface area contributed by atoms with Gasteiger partial charge in [0.15, 0.2) is 6.29 Å². The fraction of sp³-hybridized carbons (Fsp3) is 0.912. The molecule has 0 aliphatic carbocycles. The molecule has 7 atom stereocenters. The van der Waals surface area contributed by atoms with Gasteiger partial charge in [0.25, 0.3) is 0 Å². The first-order valence-corrected chi connectivity index (χ1v) is 17.4. The highest BCUT2D eigenvalue weighted by Gasteiger charge is 2.44. The number of ether oxygens (including phenoxy) is 2. The van der Waals surface area contributed by atoms with E-state index in [-0.39, 0.29) is 18.9 Å². The van der Waals surface area contributed by atoms with E-state index < -0.39 is 49.5 Å². The smallest absolute Gasteiger partial charge is 0.220 e. The summed E-state index contributed by atoms with van der Waals surface area (Å²) < 4.78 is 10.9. The van der Waals surface area contributed by atoms with Crippen LogP contribution in [0.4, 0.5) is 0 Å². The summed E-state index contributed by atoms with van der Waals surface area (Å²) in [7, 11) is 0. The molecule has 1 fully saturated rings. The lowest BCUT2D eigenvalue weighted by atomic mass is 9.99. The molecule has 6 N–H and O–H groups in total. The minimum atomic E-state index is -1.56. The van der Waals surface area contributed by atoms with Gasteiger partial charge < -0.3 is 40.3 Å². The van der Waals surface area contributed by atoms with Crippen molar-refractivity contribution in [1.82, 2.24) is 5.32 Å². The predicted octanol–water partition coefficient (Wildman–Crippen LogP) is 5.05. The molecule has 1 amide bonds. The molecule has 7 unspecified atom stereocenters. The van der Waals surface area contributed by atoms with Gasteiger partial charge in [0, 0.05) is 6.42 Å². The molecule has 0 saturated carbocycles. The van der Waals surface area contributed by atoms with Crippen LogP contribution < -0.4 is 5.32 Å². The number of nitrogens with one attached hydrogen (secondary N) is 1. The molecule has 1 heterocycles. The van der Waals surface area contributed by atoms with E-state index in [1.54, 1.807) is 13.0 Å². The minimum Gasteiger partial charge on any atom is -0.394 e. The lowest BCUT2D eigenvalue weighted by Crippen LogP contribution is -2.60. The number of carbonyl (C=O) groups is 1. The van der Waals surface area contributed by atoms with Crippen LogP contribution in [0.3, 0.4) is 0 Å². The first-order valence-electron chi connectivity index (χ1n) is 17.4. The number of hydrogen-bond acceptors (Lipinski definition) is 8. The average Bonchev–Trinajstić information content (AvgIpc) is 3.01. The third-order valence-electron chi connectivity index (χ3n) is 8.43. The number of aliphatic hydroxyl groups is 5. The zero-order valence-electron chi connectivity index (χ0n) is 27.2. The van der Waals surface area contributed by atoms with Crippen molar-refractivity contribution in [2.24, 2.45) is 0 Å². The number of rotatable bonds is 27. The van der Waals surface area contributed by atoms with Crippen molar-refractivity contribution in [2.45, 2.75) is 185 Å². The Balaban J connectivity index is 2.14. The molecule has 254 valence electrons. The van der Waals surface area contributed by atoms with Crippen molar-refractivity contribution >= 4 is 5.91 Å². The number of carbonyl (C=O) groups excluding carboxylic acids is 1. The van der Waals surface area contributed by atoms with E-state index in [1.165, 1.54) is 103 Å². The van der Waals surface area contributed by atoms with Crippen molar-refractivity contribution in [3.63, 3.8) is 0 Å². The van der Waals surface area contributed by atoms with Gasteiger partial charge in [-0.25, -0.2) is 0 Å². The number of unbranched alkanes of at least 4 members (excludes halogenated alkanes) is 18. The molecule has 1 saturated heterocycles. The fourth-order valence-corrected chi connectivity index (χ4v) is 5.47. The van der Waals surface area contributed by atoms with Crippen LogP contribution in [0.2, 0.25) is 0 Å². The van der Waals surface area contributed by atoms with Crippen molar-refractivity contribution in [2.75, 3.05) is 13.2 Å². The molecular formula is C34H65NO8. The summed E-state index contributed by atoms with van der Waals surface area (Å²) in [5.41, 5.74) is 0. The second-order valence-electron chi connectivity index (χ2n) is 12.3. The number of amides is 1. The van der Waals surface area contributed by atoms with E-state index in [9.17, 15) is 30.3 Å². The van der Waals surface area contributed by atoms with Crippen LogP contribution in [0.25, 0.3) is 0 Å². The first-order chi connectivity index (χ1) is 20.8. The highest BCUT2D eigenvalue weighted by molar-refractivity contribution is 5.75. The molecule has 43 heavy (non-hydrogen) atoms. The Labute approximate surface area is 261 Å². The quantitative estimate of drug-likeness (QED) is 0.0556. The Morgan fingerprint density at radius 2 is 1.26 bits per heavy atom.